The van der Waals surface area contributed by atoms with E-state index in [9.17, 15) is 9.59 Å². The summed E-state index contributed by atoms with van der Waals surface area (Å²) in [5.74, 6) is -0.489. The topological polar surface area (TPSA) is 103 Å². The number of carbonyl (C=O) groups is 1. The van der Waals surface area contributed by atoms with Gasteiger partial charge in [-0.05, 0) is 42.8 Å². The fraction of sp³-hybridized carbons (Fsp3) is 0.308. The van der Waals surface area contributed by atoms with Crippen LogP contribution in [0.1, 0.15) is 29.2 Å². The maximum Gasteiger partial charge on any atom is 0.344 e. The summed E-state index contributed by atoms with van der Waals surface area (Å²) in [6.45, 7) is 0. The zero-order valence-electron chi connectivity index (χ0n) is 11.3. The summed E-state index contributed by atoms with van der Waals surface area (Å²) in [6.07, 6.45) is 1.98. The van der Waals surface area contributed by atoms with E-state index < -0.39 is 5.97 Å². The molecular weight excluding hydrogens is 292 g/mol. The predicted molar refractivity (Wildman–Crippen MR) is 77.4 cm³/mol. The zero-order valence-corrected chi connectivity index (χ0v) is 12.1. The molecule has 1 heterocycles. The first-order valence-electron chi connectivity index (χ1n) is 6.42. The van der Waals surface area contributed by atoms with E-state index >= 15 is 0 Å². The van der Waals surface area contributed by atoms with Gasteiger partial charge in [-0.15, -0.1) is 5.10 Å². The van der Waals surface area contributed by atoms with E-state index in [1.54, 1.807) is 22.8 Å². The number of esters is 1. The number of carbonyl (C=O) groups excluding carboxylic acids is 1. The van der Waals surface area contributed by atoms with Gasteiger partial charge >= 0.3 is 11.7 Å². The summed E-state index contributed by atoms with van der Waals surface area (Å²) < 4.78 is 6.34. The molecule has 7 nitrogen and oxygen atoms in total. The molecule has 110 valence electrons. The second-order valence-corrected chi connectivity index (χ2v) is 5.80. The molecule has 3 rings (SSSR count). The van der Waals surface area contributed by atoms with E-state index in [-0.39, 0.29) is 11.7 Å². The number of anilines is 1. The number of rotatable bonds is 4. The van der Waals surface area contributed by atoms with Crippen LogP contribution in [-0.4, -0.2) is 27.8 Å². The number of methoxy groups -OCH3 is 1. The summed E-state index contributed by atoms with van der Waals surface area (Å²) >= 11 is 1.31. The van der Waals surface area contributed by atoms with Gasteiger partial charge < -0.3 is 10.5 Å². The van der Waals surface area contributed by atoms with E-state index in [0.29, 0.717) is 16.4 Å². The van der Waals surface area contributed by atoms with Crippen LogP contribution in [0.5, 0.6) is 0 Å². The minimum absolute atomic E-state index is 0.205. The van der Waals surface area contributed by atoms with Crippen molar-refractivity contribution in [2.45, 2.75) is 28.9 Å². The molecule has 1 saturated carbocycles. The Hall–Kier alpha value is -2.22. The van der Waals surface area contributed by atoms with Gasteiger partial charge in [0.25, 0.3) is 0 Å². The van der Waals surface area contributed by atoms with Crippen molar-refractivity contribution >= 4 is 23.4 Å². The largest absolute Gasteiger partial charge is 0.465 e. The highest BCUT2D eigenvalue weighted by atomic mass is 32.2. The lowest BCUT2D eigenvalue weighted by molar-refractivity contribution is 0.0601. The first kappa shape index (κ1) is 13.7. The third-order valence-electron chi connectivity index (χ3n) is 3.22. The quantitative estimate of drug-likeness (QED) is 0.654. The molecule has 1 aliphatic rings. The third kappa shape index (κ3) is 2.66. The van der Waals surface area contributed by atoms with Crippen molar-refractivity contribution in [2.24, 2.45) is 0 Å². The average Bonchev–Trinajstić information content (AvgIpc) is 3.25. The maximum atomic E-state index is 11.7. The van der Waals surface area contributed by atoms with E-state index in [1.807, 2.05) is 0 Å². The summed E-state index contributed by atoms with van der Waals surface area (Å²) in [4.78, 5) is 24.1. The Morgan fingerprint density at radius 2 is 2.29 bits per heavy atom. The number of hydrogen-bond acceptors (Lipinski definition) is 6. The van der Waals surface area contributed by atoms with Crippen molar-refractivity contribution in [1.29, 1.82) is 0 Å². The van der Waals surface area contributed by atoms with Crippen LogP contribution in [0, 0.1) is 0 Å². The van der Waals surface area contributed by atoms with Crippen molar-refractivity contribution in [3.05, 3.63) is 34.2 Å². The van der Waals surface area contributed by atoms with Crippen molar-refractivity contribution in [3.63, 3.8) is 0 Å². The van der Waals surface area contributed by atoms with Gasteiger partial charge in [0, 0.05) is 16.6 Å². The molecule has 0 amide bonds. The number of nitrogens with one attached hydrogen (secondary N) is 1. The van der Waals surface area contributed by atoms with Crippen molar-refractivity contribution in [1.82, 2.24) is 14.8 Å². The average molecular weight is 306 g/mol. The molecule has 1 aromatic heterocycles. The minimum atomic E-state index is -0.489. The number of aromatic nitrogens is 3. The summed E-state index contributed by atoms with van der Waals surface area (Å²) in [5, 5.41) is 7.08. The molecule has 8 heteroatoms. The highest BCUT2D eigenvalue weighted by molar-refractivity contribution is 7.99. The van der Waals surface area contributed by atoms with Gasteiger partial charge in [0.15, 0.2) is 5.16 Å². The molecule has 1 aromatic carbocycles. The summed E-state index contributed by atoms with van der Waals surface area (Å²) in [5.41, 5.74) is 6.22. The fourth-order valence-corrected chi connectivity index (χ4v) is 2.95. The molecule has 0 unspecified atom stereocenters. The lowest BCUT2D eigenvalue weighted by Gasteiger charge is -2.07. The van der Waals surface area contributed by atoms with Crippen molar-refractivity contribution < 1.29 is 9.53 Å². The Labute approximate surface area is 124 Å². The van der Waals surface area contributed by atoms with E-state index in [1.165, 1.54) is 18.9 Å². The molecule has 0 saturated heterocycles. The Balaban J connectivity index is 1.92. The molecule has 0 aliphatic heterocycles. The van der Waals surface area contributed by atoms with Crippen molar-refractivity contribution in [2.75, 3.05) is 12.8 Å². The SMILES string of the molecule is COC(=O)c1cc(Sc2n[nH]c(=O)n2C2CC2)ccc1N. The normalized spacial score (nSPS) is 14.1. The zero-order chi connectivity index (χ0) is 15.0. The maximum absolute atomic E-state index is 11.7. The Morgan fingerprint density at radius 1 is 1.52 bits per heavy atom. The number of ether oxygens (including phenoxy) is 1. The number of nitrogens with two attached hydrogens (primary N) is 1. The van der Waals surface area contributed by atoms with Crippen LogP contribution in [0.25, 0.3) is 0 Å². The van der Waals surface area contributed by atoms with Gasteiger partial charge in [-0.2, -0.15) is 0 Å². The monoisotopic (exact) mass is 306 g/mol. The second-order valence-electron chi connectivity index (χ2n) is 4.76. The van der Waals surface area contributed by atoms with E-state index in [0.717, 1.165) is 17.7 Å². The summed E-state index contributed by atoms with van der Waals surface area (Å²) in [7, 11) is 1.31. The molecule has 0 spiro atoms. The first-order chi connectivity index (χ1) is 10.1. The van der Waals surface area contributed by atoms with Gasteiger partial charge in [-0.1, -0.05) is 0 Å². The minimum Gasteiger partial charge on any atom is -0.465 e. The predicted octanol–water partition coefficient (Wildman–Crippen LogP) is 1.43. The van der Waals surface area contributed by atoms with Gasteiger partial charge in [-0.3, -0.25) is 4.57 Å². The van der Waals surface area contributed by atoms with Crippen LogP contribution >= 0.6 is 11.8 Å². The highest BCUT2D eigenvalue weighted by Crippen LogP contribution is 2.38. The lowest BCUT2D eigenvalue weighted by atomic mass is 10.2. The van der Waals surface area contributed by atoms with Gasteiger partial charge in [-0.25, -0.2) is 14.7 Å². The van der Waals surface area contributed by atoms with Gasteiger partial charge in [0.05, 0.1) is 12.7 Å². The number of hydrogen-bond donors (Lipinski definition) is 2. The van der Waals surface area contributed by atoms with Crippen LogP contribution in [0.15, 0.2) is 33.0 Å². The second kappa shape index (κ2) is 5.28. The lowest BCUT2D eigenvalue weighted by Crippen LogP contribution is -2.16. The number of aromatic amines is 1. The molecule has 0 atom stereocenters. The van der Waals surface area contributed by atoms with Gasteiger partial charge in [0.1, 0.15) is 0 Å². The van der Waals surface area contributed by atoms with Gasteiger partial charge in [0.2, 0.25) is 0 Å². The summed E-state index contributed by atoms with van der Waals surface area (Å²) in [6, 6.07) is 5.29. The van der Waals surface area contributed by atoms with E-state index in [4.69, 9.17) is 10.5 Å². The third-order valence-corrected chi connectivity index (χ3v) is 4.18. The Kier molecular flexibility index (Phi) is 3.46. The smallest absolute Gasteiger partial charge is 0.344 e. The molecule has 0 radical (unpaired) electrons. The van der Waals surface area contributed by atoms with Crippen LogP contribution in [-0.2, 0) is 4.74 Å². The Morgan fingerprint density at radius 3 is 2.95 bits per heavy atom. The van der Waals surface area contributed by atoms with Crippen LogP contribution in [0.2, 0.25) is 0 Å². The molecule has 3 N–H and O–H groups in total. The van der Waals surface area contributed by atoms with Crippen LogP contribution in [0.4, 0.5) is 5.69 Å². The molecule has 1 fully saturated rings. The molecule has 0 bridgehead atoms. The van der Waals surface area contributed by atoms with Crippen LogP contribution < -0.4 is 11.4 Å². The fourth-order valence-electron chi connectivity index (χ4n) is 2.01. The molecule has 2 aromatic rings. The molecule has 1 aliphatic carbocycles. The molecule has 21 heavy (non-hydrogen) atoms. The first-order valence-corrected chi connectivity index (χ1v) is 7.24. The van der Waals surface area contributed by atoms with E-state index in [2.05, 4.69) is 10.2 Å². The highest BCUT2D eigenvalue weighted by Gasteiger charge is 2.28. The molecular formula is C13H14N4O3S. The number of nitrogens with zero attached hydrogens (tertiary/aromatic N) is 2. The Bertz CT molecular complexity index is 748. The standard InChI is InChI=1S/C13H14N4O3S/c1-20-11(18)9-6-8(4-5-10(9)14)21-13-16-15-12(19)17(13)7-2-3-7/h4-7H,2-3,14H2,1H3,(H,15,19). The van der Waals surface area contributed by atoms with Crippen LogP contribution in [0.3, 0.4) is 0 Å². The number of H-pyrrole nitrogens is 1. The number of nitrogen functional groups attached to an aromatic ring is 1. The number of benzene rings is 1. The van der Waals surface area contributed by atoms with Crippen molar-refractivity contribution in [3.8, 4) is 0 Å².